The average molecular weight is 289 g/mol. The second-order valence-corrected chi connectivity index (χ2v) is 5.03. The van der Waals surface area contributed by atoms with Crippen LogP contribution < -0.4 is 4.74 Å². The van der Waals surface area contributed by atoms with Crippen LogP contribution in [0, 0.1) is 24.6 Å². The normalized spacial score (nSPS) is 12.9. The highest BCUT2D eigenvalue weighted by Gasteiger charge is 2.12. The molecular formula is C13H18BrFO. The molecule has 0 aromatic heterocycles. The Hall–Kier alpha value is -0.570. The van der Waals surface area contributed by atoms with Crippen molar-refractivity contribution in [3.63, 3.8) is 0 Å². The summed E-state index contributed by atoms with van der Waals surface area (Å²) in [5, 5.41) is 0.921. The van der Waals surface area contributed by atoms with E-state index in [9.17, 15) is 4.39 Å². The molecule has 1 aromatic carbocycles. The van der Waals surface area contributed by atoms with Crippen LogP contribution in [0.15, 0.2) is 18.2 Å². The number of aryl methyl sites for hydroxylation is 1. The van der Waals surface area contributed by atoms with E-state index in [2.05, 4.69) is 29.8 Å². The lowest BCUT2D eigenvalue weighted by atomic mass is 9.99. The van der Waals surface area contributed by atoms with E-state index in [0.29, 0.717) is 24.0 Å². The van der Waals surface area contributed by atoms with Gasteiger partial charge in [-0.3, -0.25) is 0 Å². The predicted octanol–water partition coefficient (Wildman–Crippen LogP) is 4.18. The van der Waals surface area contributed by atoms with Gasteiger partial charge in [0.25, 0.3) is 0 Å². The van der Waals surface area contributed by atoms with E-state index in [1.165, 1.54) is 6.07 Å². The maximum absolute atomic E-state index is 13.0. The Labute approximate surface area is 105 Å². The van der Waals surface area contributed by atoms with Gasteiger partial charge in [0.15, 0.2) is 0 Å². The van der Waals surface area contributed by atoms with Crippen molar-refractivity contribution in [1.82, 2.24) is 0 Å². The Kier molecular flexibility index (Phi) is 5.26. The highest BCUT2D eigenvalue weighted by Crippen LogP contribution is 2.19. The van der Waals surface area contributed by atoms with Gasteiger partial charge in [-0.05, 0) is 36.6 Å². The fourth-order valence-corrected chi connectivity index (χ4v) is 2.26. The third kappa shape index (κ3) is 3.78. The zero-order valence-corrected chi connectivity index (χ0v) is 11.6. The highest BCUT2D eigenvalue weighted by molar-refractivity contribution is 9.09. The largest absolute Gasteiger partial charge is 0.493 e. The van der Waals surface area contributed by atoms with E-state index in [-0.39, 0.29) is 5.82 Å². The monoisotopic (exact) mass is 288 g/mol. The van der Waals surface area contributed by atoms with Crippen molar-refractivity contribution in [3.05, 3.63) is 29.6 Å². The molecule has 3 heteroatoms. The van der Waals surface area contributed by atoms with E-state index in [0.717, 1.165) is 11.1 Å². The molecule has 0 aliphatic rings. The molecule has 0 heterocycles. The third-order valence-corrected chi connectivity index (χ3v) is 3.57. The number of ether oxygens (including phenoxy) is 1. The topological polar surface area (TPSA) is 9.23 Å². The molecule has 0 bridgehead atoms. The smallest absolute Gasteiger partial charge is 0.126 e. The summed E-state index contributed by atoms with van der Waals surface area (Å²) in [7, 11) is 0. The lowest BCUT2D eigenvalue weighted by Crippen LogP contribution is -2.19. The summed E-state index contributed by atoms with van der Waals surface area (Å²) in [5.41, 5.74) is 0.623. The fraction of sp³-hybridized carbons (Fsp3) is 0.538. The molecule has 1 unspecified atom stereocenters. The van der Waals surface area contributed by atoms with Crippen LogP contribution in [-0.4, -0.2) is 11.9 Å². The molecule has 1 nitrogen and oxygen atoms in total. The van der Waals surface area contributed by atoms with E-state index >= 15 is 0 Å². The Morgan fingerprint density at radius 1 is 1.38 bits per heavy atom. The van der Waals surface area contributed by atoms with Gasteiger partial charge in [-0.15, -0.1) is 0 Å². The van der Waals surface area contributed by atoms with Gasteiger partial charge in [-0.25, -0.2) is 4.39 Å². The van der Waals surface area contributed by atoms with Gasteiger partial charge < -0.3 is 4.74 Å². The van der Waals surface area contributed by atoms with Gasteiger partial charge in [0.1, 0.15) is 11.6 Å². The highest BCUT2D eigenvalue weighted by atomic mass is 79.9. The first-order valence-corrected chi connectivity index (χ1v) is 6.61. The first kappa shape index (κ1) is 13.5. The van der Waals surface area contributed by atoms with Crippen molar-refractivity contribution in [2.75, 3.05) is 11.9 Å². The molecule has 0 saturated heterocycles. The molecule has 0 saturated carbocycles. The minimum atomic E-state index is -0.187. The van der Waals surface area contributed by atoms with E-state index in [4.69, 9.17) is 4.74 Å². The first-order chi connectivity index (χ1) is 7.54. The number of alkyl halides is 1. The summed E-state index contributed by atoms with van der Waals surface area (Å²) in [6, 6.07) is 4.86. The minimum absolute atomic E-state index is 0.187. The molecule has 0 fully saturated rings. The quantitative estimate of drug-likeness (QED) is 0.739. The second kappa shape index (κ2) is 6.24. The molecule has 0 aliphatic carbocycles. The van der Waals surface area contributed by atoms with Crippen LogP contribution in [0.1, 0.15) is 19.4 Å². The molecule has 0 radical (unpaired) electrons. The zero-order valence-electron chi connectivity index (χ0n) is 9.97. The van der Waals surface area contributed by atoms with E-state index < -0.39 is 0 Å². The third-order valence-electron chi connectivity index (χ3n) is 2.73. The number of rotatable bonds is 5. The van der Waals surface area contributed by atoms with Gasteiger partial charge in [0.2, 0.25) is 0 Å². The summed E-state index contributed by atoms with van der Waals surface area (Å²) in [6.45, 7) is 6.75. The maximum atomic E-state index is 13.0. The molecule has 1 atom stereocenters. The SMILES string of the molecule is Cc1cc(OCC(CBr)C(C)C)ccc1F. The minimum Gasteiger partial charge on any atom is -0.493 e. The Bertz CT molecular complexity index is 339. The molecule has 0 amide bonds. The Balaban J connectivity index is 2.57. The lowest BCUT2D eigenvalue weighted by molar-refractivity contribution is 0.227. The molecule has 0 spiro atoms. The molecule has 90 valence electrons. The second-order valence-electron chi connectivity index (χ2n) is 4.38. The zero-order chi connectivity index (χ0) is 12.1. The fourth-order valence-electron chi connectivity index (χ4n) is 1.33. The van der Waals surface area contributed by atoms with Crippen molar-refractivity contribution in [2.45, 2.75) is 20.8 Å². The summed E-state index contributed by atoms with van der Waals surface area (Å²) < 4.78 is 18.7. The molecule has 1 aromatic rings. The molecular weight excluding hydrogens is 271 g/mol. The van der Waals surface area contributed by atoms with Crippen LogP contribution in [-0.2, 0) is 0 Å². The summed E-state index contributed by atoms with van der Waals surface area (Å²) in [5.74, 6) is 1.60. The van der Waals surface area contributed by atoms with Crippen LogP contribution >= 0.6 is 15.9 Å². The standard InChI is InChI=1S/C13H18BrFO/c1-9(2)11(7-14)8-16-12-4-5-13(15)10(3)6-12/h4-6,9,11H,7-8H2,1-3H3. The maximum Gasteiger partial charge on any atom is 0.126 e. The van der Waals surface area contributed by atoms with Gasteiger partial charge in [0, 0.05) is 11.2 Å². The lowest BCUT2D eigenvalue weighted by Gasteiger charge is -2.18. The number of halogens is 2. The molecule has 0 aliphatic heterocycles. The summed E-state index contributed by atoms with van der Waals surface area (Å²) >= 11 is 3.48. The van der Waals surface area contributed by atoms with Crippen LogP contribution in [0.4, 0.5) is 4.39 Å². The van der Waals surface area contributed by atoms with E-state index in [1.807, 2.05) is 0 Å². The molecule has 16 heavy (non-hydrogen) atoms. The van der Waals surface area contributed by atoms with Gasteiger partial charge in [0.05, 0.1) is 6.61 Å². The van der Waals surface area contributed by atoms with Gasteiger partial charge in [-0.1, -0.05) is 29.8 Å². The Morgan fingerprint density at radius 3 is 2.56 bits per heavy atom. The molecule has 1 rings (SSSR count). The Morgan fingerprint density at radius 2 is 2.06 bits per heavy atom. The van der Waals surface area contributed by atoms with Crippen LogP contribution in [0.3, 0.4) is 0 Å². The molecule has 0 N–H and O–H groups in total. The average Bonchev–Trinajstić information content (AvgIpc) is 2.23. The number of hydrogen-bond acceptors (Lipinski definition) is 1. The van der Waals surface area contributed by atoms with Crippen molar-refractivity contribution in [3.8, 4) is 5.75 Å². The summed E-state index contributed by atoms with van der Waals surface area (Å²) in [4.78, 5) is 0. The number of hydrogen-bond donors (Lipinski definition) is 0. The van der Waals surface area contributed by atoms with Crippen LogP contribution in [0.25, 0.3) is 0 Å². The summed E-state index contributed by atoms with van der Waals surface area (Å²) in [6.07, 6.45) is 0. The van der Waals surface area contributed by atoms with Crippen LogP contribution in [0.5, 0.6) is 5.75 Å². The van der Waals surface area contributed by atoms with Crippen molar-refractivity contribution < 1.29 is 9.13 Å². The van der Waals surface area contributed by atoms with Crippen molar-refractivity contribution >= 4 is 15.9 Å². The van der Waals surface area contributed by atoms with Gasteiger partial charge >= 0.3 is 0 Å². The predicted molar refractivity (Wildman–Crippen MR) is 68.8 cm³/mol. The first-order valence-electron chi connectivity index (χ1n) is 5.49. The van der Waals surface area contributed by atoms with Crippen LogP contribution in [0.2, 0.25) is 0 Å². The van der Waals surface area contributed by atoms with E-state index in [1.54, 1.807) is 19.1 Å². The van der Waals surface area contributed by atoms with Crippen molar-refractivity contribution in [1.29, 1.82) is 0 Å². The number of benzene rings is 1. The van der Waals surface area contributed by atoms with Crippen molar-refractivity contribution in [2.24, 2.45) is 11.8 Å². The van der Waals surface area contributed by atoms with Gasteiger partial charge in [-0.2, -0.15) is 0 Å².